The summed E-state index contributed by atoms with van der Waals surface area (Å²) in [6.07, 6.45) is 2.42. The maximum absolute atomic E-state index is 3.03. The van der Waals surface area contributed by atoms with E-state index in [-0.39, 0.29) is 17.0 Å². The molecule has 3 unspecified atom stereocenters. The lowest BCUT2D eigenvalue weighted by Crippen LogP contribution is -2.86. The quantitative estimate of drug-likeness (QED) is 0.514. The Labute approximate surface area is 183 Å². The first-order valence-corrected chi connectivity index (χ1v) is 12.7. The first-order valence-electron chi connectivity index (χ1n) is 12.7. The van der Waals surface area contributed by atoms with Crippen molar-refractivity contribution in [2.45, 2.75) is 125 Å². The first-order chi connectivity index (χ1) is 13.4. The molecule has 0 aromatic heterocycles. The van der Waals surface area contributed by atoms with E-state index in [2.05, 4.69) is 92.9 Å². The highest BCUT2D eigenvalue weighted by molar-refractivity contribution is 5.04. The van der Waals surface area contributed by atoms with Crippen LogP contribution in [0.25, 0.3) is 0 Å². The Morgan fingerprint density at radius 1 is 0.759 bits per heavy atom. The molecule has 0 aromatic carbocycles. The van der Waals surface area contributed by atoms with Crippen LogP contribution in [0.2, 0.25) is 0 Å². The minimum atomic E-state index is 0.00481. The van der Waals surface area contributed by atoms with Crippen molar-refractivity contribution in [1.29, 1.82) is 0 Å². The van der Waals surface area contributed by atoms with E-state index in [1.54, 1.807) is 0 Å². The second-order valence-electron chi connectivity index (χ2n) is 11.3. The molecule has 4 heteroatoms. The van der Waals surface area contributed by atoms with Crippen molar-refractivity contribution in [3.8, 4) is 0 Å². The molecule has 1 spiro atoms. The Bertz CT molecular complexity index is 561. The third-order valence-electron chi connectivity index (χ3n) is 9.42. The lowest BCUT2D eigenvalue weighted by atomic mass is 9.98. The Hall–Kier alpha value is -0.160. The Kier molecular flexibility index (Phi) is 6.99. The van der Waals surface area contributed by atoms with Gasteiger partial charge in [-0.3, -0.25) is 0 Å². The van der Waals surface area contributed by atoms with E-state index in [4.69, 9.17) is 0 Å². The van der Waals surface area contributed by atoms with Crippen molar-refractivity contribution >= 4 is 0 Å². The summed E-state index contributed by atoms with van der Waals surface area (Å²) < 4.78 is 2.37. The zero-order valence-electron chi connectivity index (χ0n) is 22.1. The number of nitrogens with zero attached hydrogens (tertiary/aromatic N) is 4. The van der Waals surface area contributed by atoms with Gasteiger partial charge in [0.1, 0.15) is 12.1 Å². The van der Waals surface area contributed by atoms with Gasteiger partial charge in [-0.05, 0) is 82.1 Å². The van der Waals surface area contributed by atoms with Crippen molar-refractivity contribution in [3.63, 3.8) is 0 Å². The van der Waals surface area contributed by atoms with Crippen molar-refractivity contribution in [2.75, 3.05) is 39.3 Å². The molecule has 2 aliphatic rings. The molecule has 2 rings (SSSR count). The van der Waals surface area contributed by atoms with E-state index in [0.717, 1.165) is 0 Å². The van der Waals surface area contributed by atoms with Gasteiger partial charge in [0.2, 0.25) is 0 Å². The summed E-state index contributed by atoms with van der Waals surface area (Å²) in [5.74, 6) is 0.00481. The normalized spacial score (nSPS) is 32.7. The van der Waals surface area contributed by atoms with Crippen LogP contribution in [0.3, 0.4) is 0 Å². The Morgan fingerprint density at radius 2 is 1.24 bits per heavy atom. The average molecular weight is 411 g/mol. The molecule has 0 N–H and O–H groups in total. The second-order valence-corrected chi connectivity index (χ2v) is 11.3. The molecule has 0 radical (unpaired) electrons. The van der Waals surface area contributed by atoms with Crippen molar-refractivity contribution in [3.05, 3.63) is 0 Å². The van der Waals surface area contributed by atoms with E-state index in [1.807, 2.05) is 0 Å². The standard InChI is InChI=1S/C25H54N4/c1-13-21(7)26-19-24(11,12)29(17-5,18-6)25(26)27(22(8)14-2)23(9,10)20-28(25,15-3)16-4/h21-22H,13-20H2,1-12H3/q+2. The van der Waals surface area contributed by atoms with Crippen LogP contribution >= 0.6 is 0 Å². The minimum Gasteiger partial charge on any atom is -0.241 e. The summed E-state index contributed by atoms with van der Waals surface area (Å²) in [7, 11) is 0. The summed E-state index contributed by atoms with van der Waals surface area (Å²) in [5, 5.41) is 0. The third kappa shape index (κ3) is 2.92. The first kappa shape index (κ1) is 25.1. The molecule has 29 heavy (non-hydrogen) atoms. The molecule has 0 saturated carbocycles. The van der Waals surface area contributed by atoms with Crippen molar-refractivity contribution in [1.82, 2.24) is 9.80 Å². The SMILES string of the molecule is CCC(C)N1CC(C)(C)[N+](CC)(CC)C12N(C(C)CC)C(C)(C)C[N+]2(CC)CC. The van der Waals surface area contributed by atoms with Gasteiger partial charge in [0.05, 0.1) is 38.3 Å². The van der Waals surface area contributed by atoms with Crippen molar-refractivity contribution in [2.24, 2.45) is 0 Å². The number of rotatable bonds is 8. The fourth-order valence-electron chi connectivity index (χ4n) is 8.01. The molecule has 4 nitrogen and oxygen atoms in total. The van der Waals surface area contributed by atoms with Crippen LogP contribution in [-0.2, 0) is 0 Å². The van der Waals surface area contributed by atoms with Crippen molar-refractivity contribution < 1.29 is 8.97 Å². The van der Waals surface area contributed by atoms with Gasteiger partial charge in [0.15, 0.2) is 0 Å². The van der Waals surface area contributed by atoms with Crippen LogP contribution in [-0.4, -0.2) is 87.1 Å². The van der Waals surface area contributed by atoms with Crippen LogP contribution in [0.4, 0.5) is 0 Å². The number of hydrogen-bond acceptors (Lipinski definition) is 2. The summed E-state index contributed by atoms with van der Waals surface area (Å²) in [6, 6.07) is 1.16. The summed E-state index contributed by atoms with van der Waals surface area (Å²) in [5.41, 5.74) is 0.411. The lowest BCUT2D eigenvalue weighted by molar-refractivity contribution is -1.19. The van der Waals surface area contributed by atoms with Gasteiger partial charge < -0.3 is 0 Å². The Balaban J connectivity index is 3.05. The molecular formula is C25H54N4+2. The van der Waals surface area contributed by atoms with Crippen LogP contribution in [0, 0.1) is 0 Å². The second kappa shape index (κ2) is 8.07. The fraction of sp³-hybridized carbons (Fsp3) is 1.00. The fourth-order valence-corrected chi connectivity index (χ4v) is 8.01. The van der Waals surface area contributed by atoms with Crippen LogP contribution in [0.5, 0.6) is 0 Å². The molecule has 172 valence electrons. The molecule has 0 bridgehead atoms. The van der Waals surface area contributed by atoms with Crippen LogP contribution < -0.4 is 0 Å². The smallest absolute Gasteiger partial charge is 0.241 e. The van der Waals surface area contributed by atoms with E-state index >= 15 is 0 Å². The van der Waals surface area contributed by atoms with Gasteiger partial charge in [0, 0.05) is 12.1 Å². The molecule has 2 saturated heterocycles. The van der Waals surface area contributed by atoms with E-state index in [1.165, 1.54) is 61.1 Å². The Morgan fingerprint density at radius 3 is 1.62 bits per heavy atom. The minimum absolute atomic E-state index is 0.00481. The molecule has 3 atom stereocenters. The number of quaternary nitrogens is 2. The number of hydrogen-bond donors (Lipinski definition) is 0. The molecule has 2 fully saturated rings. The maximum Gasteiger partial charge on any atom is 0.358 e. The molecule has 0 aromatic rings. The highest BCUT2D eigenvalue weighted by Crippen LogP contribution is 2.59. The van der Waals surface area contributed by atoms with E-state index < -0.39 is 0 Å². The molecule has 0 aliphatic carbocycles. The largest absolute Gasteiger partial charge is 0.358 e. The average Bonchev–Trinajstić information content (AvgIpc) is 3.03. The highest BCUT2D eigenvalue weighted by Gasteiger charge is 2.84. The molecular weight excluding hydrogens is 356 g/mol. The van der Waals surface area contributed by atoms with Gasteiger partial charge in [-0.15, -0.1) is 0 Å². The van der Waals surface area contributed by atoms with Gasteiger partial charge in [-0.25, -0.2) is 8.97 Å². The number of likely N-dealkylation sites (N-methyl/N-ethyl adjacent to an activating group) is 2. The lowest BCUT2D eigenvalue weighted by Gasteiger charge is -2.62. The van der Waals surface area contributed by atoms with Gasteiger partial charge >= 0.3 is 5.91 Å². The summed E-state index contributed by atoms with van der Waals surface area (Å²) in [6.45, 7) is 37.0. The molecule has 2 aliphatic heterocycles. The van der Waals surface area contributed by atoms with Gasteiger partial charge in [-0.1, -0.05) is 13.8 Å². The van der Waals surface area contributed by atoms with Gasteiger partial charge in [0.25, 0.3) is 0 Å². The highest BCUT2D eigenvalue weighted by atomic mass is 15.9. The predicted octanol–water partition coefficient (Wildman–Crippen LogP) is 5.10. The summed E-state index contributed by atoms with van der Waals surface area (Å²) >= 11 is 0. The monoisotopic (exact) mass is 410 g/mol. The zero-order valence-corrected chi connectivity index (χ0v) is 22.1. The molecule has 2 heterocycles. The summed E-state index contributed by atoms with van der Waals surface area (Å²) in [4.78, 5) is 6.02. The molecule has 0 amide bonds. The van der Waals surface area contributed by atoms with Gasteiger partial charge in [-0.2, -0.15) is 9.80 Å². The van der Waals surface area contributed by atoms with Crippen LogP contribution in [0.1, 0.15) is 95.9 Å². The zero-order chi connectivity index (χ0) is 22.5. The van der Waals surface area contributed by atoms with E-state index in [0.29, 0.717) is 12.1 Å². The maximum atomic E-state index is 3.03. The predicted molar refractivity (Wildman–Crippen MR) is 126 cm³/mol. The third-order valence-corrected chi connectivity index (χ3v) is 9.42. The van der Waals surface area contributed by atoms with E-state index in [9.17, 15) is 0 Å². The van der Waals surface area contributed by atoms with Crippen LogP contribution in [0.15, 0.2) is 0 Å². The topological polar surface area (TPSA) is 6.48 Å².